The fraction of sp³-hybridized carbons (Fsp3) is 0. The molecule has 0 fully saturated rings. The number of halogens is 2. The zero-order chi connectivity index (χ0) is 15.0. The maximum Gasteiger partial charge on any atom is 0.137 e. The van der Waals surface area contributed by atoms with Gasteiger partial charge in [0.05, 0.1) is 5.02 Å². The molecule has 3 aromatic rings. The van der Waals surface area contributed by atoms with Crippen LogP contribution in [0.3, 0.4) is 0 Å². The quantitative estimate of drug-likeness (QED) is 0.623. The molecule has 0 aliphatic heterocycles. The van der Waals surface area contributed by atoms with E-state index in [1.165, 1.54) is 12.1 Å². The molecule has 0 atom stereocenters. The van der Waals surface area contributed by atoms with Gasteiger partial charge in [0, 0.05) is 27.9 Å². The minimum absolute atomic E-state index is 0.0858. The second-order valence-electron chi connectivity index (χ2n) is 4.45. The van der Waals surface area contributed by atoms with Gasteiger partial charge in [-0.2, -0.15) is 5.10 Å². The topological polar surface area (TPSA) is 69.1 Å². The summed E-state index contributed by atoms with van der Waals surface area (Å²) in [4.78, 5) is 0. The van der Waals surface area contributed by atoms with Crippen molar-refractivity contribution in [3.8, 4) is 33.9 Å². The van der Waals surface area contributed by atoms with Crippen LogP contribution in [0, 0.1) is 0 Å². The van der Waals surface area contributed by atoms with Crippen LogP contribution in [0.1, 0.15) is 0 Å². The number of aromatic hydroxyl groups is 2. The first-order chi connectivity index (χ1) is 10.1. The smallest absolute Gasteiger partial charge is 0.137 e. The van der Waals surface area contributed by atoms with Crippen molar-refractivity contribution < 1.29 is 10.2 Å². The van der Waals surface area contributed by atoms with E-state index in [4.69, 9.17) is 11.6 Å². The molecular formula is C15H10BrClN2O2. The Bertz CT molecular complexity index is 817. The summed E-state index contributed by atoms with van der Waals surface area (Å²) in [5.74, 6) is -0.256. The maximum atomic E-state index is 10.0. The fourth-order valence-corrected chi connectivity index (χ4v) is 2.78. The van der Waals surface area contributed by atoms with Gasteiger partial charge in [-0.15, -0.1) is 0 Å². The number of hydrogen-bond donors (Lipinski definition) is 3. The van der Waals surface area contributed by atoms with Crippen LogP contribution in [0.25, 0.3) is 22.4 Å². The SMILES string of the molecule is Oc1cc(O)c(-c2n[nH]cc2-c2ccccc2Br)cc1Cl. The number of aromatic nitrogens is 2. The molecule has 2 aromatic carbocycles. The molecule has 0 radical (unpaired) electrons. The first-order valence-corrected chi connectivity index (χ1v) is 7.25. The Morgan fingerprint density at radius 2 is 1.76 bits per heavy atom. The van der Waals surface area contributed by atoms with Crippen LogP contribution in [-0.2, 0) is 0 Å². The Hall–Kier alpha value is -1.98. The van der Waals surface area contributed by atoms with Gasteiger partial charge in [0.15, 0.2) is 0 Å². The van der Waals surface area contributed by atoms with Crippen LogP contribution in [0.5, 0.6) is 11.5 Å². The number of phenolic OH excluding ortho intramolecular Hbond substituents is 2. The van der Waals surface area contributed by atoms with Gasteiger partial charge in [-0.05, 0) is 17.7 Å². The summed E-state index contributed by atoms with van der Waals surface area (Å²) in [5.41, 5.74) is 2.76. The van der Waals surface area contributed by atoms with Crippen molar-refractivity contribution in [2.75, 3.05) is 0 Å². The second-order valence-corrected chi connectivity index (χ2v) is 5.71. The average Bonchev–Trinajstić information content (AvgIpc) is 2.92. The molecule has 106 valence electrons. The lowest BCUT2D eigenvalue weighted by Crippen LogP contribution is -1.85. The van der Waals surface area contributed by atoms with Crippen LogP contribution in [0.2, 0.25) is 5.02 Å². The van der Waals surface area contributed by atoms with Crippen molar-refractivity contribution >= 4 is 27.5 Å². The van der Waals surface area contributed by atoms with Gasteiger partial charge in [0.2, 0.25) is 0 Å². The molecule has 21 heavy (non-hydrogen) atoms. The van der Waals surface area contributed by atoms with Crippen LogP contribution in [-0.4, -0.2) is 20.4 Å². The Balaban J connectivity index is 2.21. The number of aromatic amines is 1. The van der Waals surface area contributed by atoms with E-state index in [1.54, 1.807) is 6.20 Å². The van der Waals surface area contributed by atoms with Gasteiger partial charge in [0.25, 0.3) is 0 Å². The van der Waals surface area contributed by atoms with E-state index in [2.05, 4.69) is 26.1 Å². The minimum Gasteiger partial charge on any atom is -0.507 e. The molecule has 0 bridgehead atoms. The number of hydrogen-bond acceptors (Lipinski definition) is 3. The molecule has 4 nitrogen and oxygen atoms in total. The standard InChI is InChI=1S/C15H10BrClN2O2/c16-11-4-2-1-3-8(11)10-7-18-19-15(10)9-5-12(17)14(21)6-13(9)20/h1-7,20-21H,(H,18,19). The van der Waals surface area contributed by atoms with Crippen molar-refractivity contribution in [3.05, 3.63) is 52.1 Å². The summed E-state index contributed by atoms with van der Waals surface area (Å²) >= 11 is 9.42. The number of benzene rings is 2. The maximum absolute atomic E-state index is 10.0. The average molecular weight is 366 g/mol. The Labute approximate surface area is 134 Å². The normalized spacial score (nSPS) is 10.8. The van der Waals surface area contributed by atoms with Crippen LogP contribution < -0.4 is 0 Å². The molecule has 0 unspecified atom stereocenters. The molecule has 0 amide bonds. The predicted octanol–water partition coefficient (Wildman–Crippen LogP) is 4.57. The summed E-state index contributed by atoms with van der Waals surface area (Å²) in [6.45, 7) is 0. The van der Waals surface area contributed by atoms with Gasteiger partial charge >= 0.3 is 0 Å². The van der Waals surface area contributed by atoms with Gasteiger partial charge in [-0.3, -0.25) is 5.10 Å². The van der Waals surface area contributed by atoms with E-state index < -0.39 is 0 Å². The molecule has 1 heterocycles. The van der Waals surface area contributed by atoms with Crippen molar-refractivity contribution in [1.82, 2.24) is 10.2 Å². The monoisotopic (exact) mass is 364 g/mol. The van der Waals surface area contributed by atoms with Crippen molar-refractivity contribution in [3.63, 3.8) is 0 Å². The summed E-state index contributed by atoms with van der Waals surface area (Å²) in [6.07, 6.45) is 1.75. The van der Waals surface area contributed by atoms with Gasteiger partial charge in [-0.1, -0.05) is 45.7 Å². The number of H-pyrrole nitrogens is 1. The highest BCUT2D eigenvalue weighted by Crippen LogP contribution is 2.41. The third-order valence-corrected chi connectivity index (χ3v) is 4.12. The number of nitrogens with zero attached hydrogens (tertiary/aromatic N) is 1. The molecule has 0 aliphatic rings. The van der Waals surface area contributed by atoms with E-state index in [9.17, 15) is 10.2 Å². The fourth-order valence-electron chi connectivity index (χ4n) is 2.12. The third kappa shape index (κ3) is 2.50. The molecule has 3 N–H and O–H groups in total. The first kappa shape index (κ1) is 14.0. The lowest BCUT2D eigenvalue weighted by Gasteiger charge is -2.08. The second kappa shape index (κ2) is 5.42. The molecular weight excluding hydrogens is 356 g/mol. The van der Waals surface area contributed by atoms with E-state index in [0.29, 0.717) is 11.3 Å². The first-order valence-electron chi connectivity index (χ1n) is 6.08. The van der Waals surface area contributed by atoms with E-state index in [0.717, 1.165) is 15.6 Å². The largest absolute Gasteiger partial charge is 0.507 e. The zero-order valence-corrected chi connectivity index (χ0v) is 13.0. The highest BCUT2D eigenvalue weighted by Gasteiger charge is 2.17. The van der Waals surface area contributed by atoms with E-state index in [-0.39, 0.29) is 16.5 Å². The lowest BCUT2D eigenvalue weighted by atomic mass is 10.0. The van der Waals surface area contributed by atoms with Crippen molar-refractivity contribution in [1.29, 1.82) is 0 Å². The summed E-state index contributed by atoms with van der Waals surface area (Å²) < 4.78 is 0.914. The Morgan fingerprint density at radius 3 is 2.52 bits per heavy atom. The van der Waals surface area contributed by atoms with Gasteiger partial charge < -0.3 is 10.2 Å². The Kier molecular flexibility index (Phi) is 3.61. The molecule has 6 heteroatoms. The molecule has 0 spiro atoms. The minimum atomic E-state index is -0.170. The molecule has 0 saturated carbocycles. The number of rotatable bonds is 2. The molecule has 1 aromatic heterocycles. The van der Waals surface area contributed by atoms with Crippen LogP contribution in [0.4, 0.5) is 0 Å². The highest BCUT2D eigenvalue weighted by molar-refractivity contribution is 9.10. The molecule has 3 rings (SSSR count). The predicted molar refractivity (Wildman–Crippen MR) is 85.5 cm³/mol. The number of nitrogens with one attached hydrogen (secondary N) is 1. The lowest BCUT2D eigenvalue weighted by molar-refractivity contribution is 0.452. The number of phenols is 2. The van der Waals surface area contributed by atoms with E-state index >= 15 is 0 Å². The van der Waals surface area contributed by atoms with E-state index in [1.807, 2.05) is 24.3 Å². The van der Waals surface area contributed by atoms with Crippen molar-refractivity contribution in [2.24, 2.45) is 0 Å². The molecule has 0 aliphatic carbocycles. The van der Waals surface area contributed by atoms with Crippen molar-refractivity contribution in [2.45, 2.75) is 0 Å². The Morgan fingerprint density at radius 1 is 1.00 bits per heavy atom. The van der Waals surface area contributed by atoms with Gasteiger partial charge in [0.1, 0.15) is 17.2 Å². The van der Waals surface area contributed by atoms with Gasteiger partial charge in [-0.25, -0.2) is 0 Å². The highest BCUT2D eigenvalue weighted by atomic mass is 79.9. The molecule has 0 saturated heterocycles. The zero-order valence-electron chi connectivity index (χ0n) is 10.6. The van der Waals surface area contributed by atoms with Crippen LogP contribution >= 0.6 is 27.5 Å². The van der Waals surface area contributed by atoms with Crippen LogP contribution in [0.15, 0.2) is 47.1 Å². The summed E-state index contributed by atoms with van der Waals surface area (Å²) in [5, 5.41) is 26.7. The third-order valence-electron chi connectivity index (χ3n) is 3.12. The summed E-state index contributed by atoms with van der Waals surface area (Å²) in [6, 6.07) is 10.4. The summed E-state index contributed by atoms with van der Waals surface area (Å²) in [7, 11) is 0.